The molecule has 1 amide bonds. The minimum absolute atomic E-state index is 0.119. The molecule has 1 atom stereocenters. The van der Waals surface area contributed by atoms with Gasteiger partial charge in [0.2, 0.25) is 0 Å². The number of carbonyl (C=O) groups is 3. The molecule has 0 heterocycles. The first-order chi connectivity index (χ1) is 14.2. The van der Waals surface area contributed by atoms with Crippen LogP contribution in [0.3, 0.4) is 0 Å². The zero-order valence-corrected chi connectivity index (χ0v) is 23.8. The van der Waals surface area contributed by atoms with E-state index in [1.807, 2.05) is 22.6 Å². The summed E-state index contributed by atoms with van der Waals surface area (Å²) in [6.07, 6.45) is -10.8. The van der Waals surface area contributed by atoms with Crippen LogP contribution in [-0.2, 0) is 19.6 Å². The van der Waals surface area contributed by atoms with E-state index in [1.165, 1.54) is 0 Å². The third kappa shape index (κ3) is 6.61. The molecule has 0 aliphatic carbocycles. The van der Waals surface area contributed by atoms with Crippen molar-refractivity contribution in [3.63, 3.8) is 0 Å². The second-order valence-electron chi connectivity index (χ2n) is 5.42. The summed E-state index contributed by atoms with van der Waals surface area (Å²) in [7, 11) is -6.88. The summed E-state index contributed by atoms with van der Waals surface area (Å²) in [4.78, 5) is 35.6. The first-order valence-corrected chi connectivity index (χ1v) is 12.9. The number of carbonyl (C=O) groups excluding carboxylic acids is 2. The largest absolute Gasteiger partial charge is 0.743 e. The molecular weight excluding hydrogens is 933 g/mol. The van der Waals surface area contributed by atoms with Crippen LogP contribution >= 0.6 is 90.4 Å². The highest BCUT2D eigenvalue weighted by Crippen LogP contribution is 2.38. The lowest BCUT2D eigenvalue weighted by Crippen LogP contribution is -2.53. The van der Waals surface area contributed by atoms with Crippen molar-refractivity contribution in [2.24, 2.45) is 0 Å². The van der Waals surface area contributed by atoms with E-state index in [0.29, 0.717) is 7.14 Å². The first kappa shape index (κ1) is 30.1. The smallest absolute Gasteiger partial charge is 0.432 e. The molecule has 2 N–H and O–H groups in total. The van der Waals surface area contributed by atoms with E-state index in [9.17, 15) is 54.4 Å². The number of hydrogen-bond donors (Lipinski definition) is 2. The van der Waals surface area contributed by atoms with Gasteiger partial charge in [-0.05, 0) is 90.4 Å². The van der Waals surface area contributed by atoms with E-state index in [2.05, 4.69) is 4.74 Å². The summed E-state index contributed by atoms with van der Waals surface area (Å²) in [6.45, 7) is -1.48. The molecule has 1 aromatic rings. The Balaban J connectivity index is 3.20. The van der Waals surface area contributed by atoms with Crippen molar-refractivity contribution < 1.29 is 59.1 Å². The number of benzene rings is 1. The molecule has 1 rings (SSSR count). The van der Waals surface area contributed by atoms with Crippen LogP contribution in [0.25, 0.3) is 0 Å². The molecular formula is C13H5F5I4NO8S-. The molecule has 19 heteroatoms. The summed E-state index contributed by atoms with van der Waals surface area (Å²) in [6, 6.07) is 0. The van der Waals surface area contributed by atoms with Gasteiger partial charge in [0.05, 0.1) is 11.1 Å². The third-order valence-corrected chi connectivity index (χ3v) is 11.6. The Hall–Kier alpha value is 0.110. The number of alkyl halides is 5. The summed E-state index contributed by atoms with van der Waals surface area (Å²) in [5.74, 6) is -4.96. The highest BCUT2D eigenvalue weighted by molar-refractivity contribution is 14.1. The Kier molecular flexibility index (Phi) is 10.2. The van der Waals surface area contributed by atoms with E-state index in [1.54, 1.807) is 73.1 Å². The van der Waals surface area contributed by atoms with Crippen molar-refractivity contribution in [2.45, 2.75) is 17.5 Å². The van der Waals surface area contributed by atoms with Gasteiger partial charge in [-0.1, -0.05) is 0 Å². The van der Waals surface area contributed by atoms with Crippen LogP contribution in [0.5, 0.6) is 0 Å². The number of rotatable bonds is 7. The van der Waals surface area contributed by atoms with Gasteiger partial charge < -0.3 is 19.7 Å². The van der Waals surface area contributed by atoms with Crippen molar-refractivity contribution in [1.29, 1.82) is 0 Å². The normalized spacial score (nSPS) is 13.4. The van der Waals surface area contributed by atoms with Gasteiger partial charge in [-0.15, -0.1) is 0 Å². The number of carboxylic acid groups (broad SMARTS) is 1. The number of carboxylic acids is 1. The number of nitrogens with one attached hydrogen (secondary N) is 1. The van der Waals surface area contributed by atoms with E-state index in [4.69, 9.17) is 0 Å². The minimum Gasteiger partial charge on any atom is -0.743 e. The predicted octanol–water partition coefficient (Wildman–Crippen LogP) is 3.15. The fourth-order valence-electron chi connectivity index (χ4n) is 1.92. The van der Waals surface area contributed by atoms with Crippen LogP contribution in [0.15, 0.2) is 0 Å². The first-order valence-electron chi connectivity index (χ1n) is 7.22. The van der Waals surface area contributed by atoms with E-state index in [-0.39, 0.29) is 7.14 Å². The number of aromatic carboxylic acids is 1. The maximum absolute atomic E-state index is 13.4. The molecule has 0 radical (unpaired) electrons. The molecule has 0 aliphatic rings. The van der Waals surface area contributed by atoms with Crippen LogP contribution in [0.4, 0.5) is 22.0 Å². The lowest BCUT2D eigenvalue weighted by atomic mass is 10.1. The average molecular weight is 938 g/mol. The minimum atomic E-state index is -6.88. The molecule has 0 saturated carbocycles. The monoisotopic (exact) mass is 938 g/mol. The van der Waals surface area contributed by atoms with Gasteiger partial charge in [0, 0.05) is 14.3 Å². The van der Waals surface area contributed by atoms with Crippen molar-refractivity contribution in [3.05, 3.63) is 25.4 Å². The van der Waals surface area contributed by atoms with Crippen LogP contribution < -0.4 is 5.32 Å². The van der Waals surface area contributed by atoms with Gasteiger partial charge in [-0.2, -0.15) is 22.0 Å². The Labute approximate surface area is 229 Å². The molecule has 180 valence electrons. The summed E-state index contributed by atoms with van der Waals surface area (Å²) >= 11 is 6.88. The van der Waals surface area contributed by atoms with E-state index in [0.717, 1.165) is 0 Å². The number of esters is 1. The second kappa shape index (κ2) is 10.8. The van der Waals surface area contributed by atoms with Gasteiger partial charge in [-0.3, -0.25) is 9.59 Å². The van der Waals surface area contributed by atoms with Gasteiger partial charge in [-0.25, -0.2) is 13.2 Å². The van der Waals surface area contributed by atoms with Crippen LogP contribution in [0.2, 0.25) is 0 Å². The standard InChI is InChI=1S/C13H6F5I4NO8S/c14-12(15,16)11(13(17,18)32(28,29)30)31-2(24)1-23-9(25)3-4(10(26)27)6(20)8(22)7(21)5(3)19/h11H,1H2,(H,23,25)(H,26,27)(H,28,29,30)/p-1. The van der Waals surface area contributed by atoms with Gasteiger partial charge in [0.15, 0.2) is 10.1 Å². The summed E-state index contributed by atoms with van der Waals surface area (Å²) in [5, 5.41) is 5.09. The van der Waals surface area contributed by atoms with Crippen molar-refractivity contribution in [2.75, 3.05) is 6.54 Å². The van der Waals surface area contributed by atoms with Crippen molar-refractivity contribution >= 4 is 118 Å². The van der Waals surface area contributed by atoms with E-state index < -0.39 is 63.2 Å². The fourth-order valence-corrected chi connectivity index (χ4v) is 6.03. The Bertz CT molecular complexity index is 1080. The van der Waals surface area contributed by atoms with Crippen LogP contribution in [0.1, 0.15) is 20.7 Å². The molecule has 1 aromatic carbocycles. The van der Waals surface area contributed by atoms with Crippen LogP contribution in [0, 0.1) is 14.3 Å². The lowest BCUT2D eigenvalue weighted by Gasteiger charge is -2.29. The van der Waals surface area contributed by atoms with Crippen molar-refractivity contribution in [1.82, 2.24) is 5.32 Å². The zero-order valence-electron chi connectivity index (χ0n) is 14.4. The Morgan fingerprint density at radius 1 is 0.969 bits per heavy atom. The molecule has 0 saturated heterocycles. The molecule has 0 aromatic heterocycles. The number of amides is 1. The Morgan fingerprint density at radius 3 is 1.78 bits per heavy atom. The Morgan fingerprint density at radius 2 is 1.41 bits per heavy atom. The summed E-state index contributed by atoms with van der Waals surface area (Å²) < 4.78 is 101. The summed E-state index contributed by atoms with van der Waals surface area (Å²) in [5.41, 5.74) is -0.942. The molecule has 0 fully saturated rings. The molecule has 32 heavy (non-hydrogen) atoms. The molecule has 9 nitrogen and oxygen atoms in total. The SMILES string of the molecule is O=C(CNC(=O)c1c(I)c(I)c(I)c(I)c1C(=O)O)OC(C(F)(F)F)C(F)(F)S(=O)(=O)[O-]. The maximum Gasteiger partial charge on any atom is 0.432 e. The molecule has 0 spiro atoms. The van der Waals surface area contributed by atoms with Crippen LogP contribution in [-0.4, -0.2) is 60.0 Å². The quantitative estimate of drug-likeness (QED) is 0.106. The second-order valence-corrected chi connectivity index (χ2v) is 11.2. The topological polar surface area (TPSA) is 150 Å². The van der Waals surface area contributed by atoms with Crippen molar-refractivity contribution in [3.8, 4) is 0 Å². The fraction of sp³-hybridized carbons (Fsp3) is 0.308. The van der Waals surface area contributed by atoms with Gasteiger partial charge >= 0.3 is 23.4 Å². The number of hydrogen-bond acceptors (Lipinski definition) is 7. The highest BCUT2D eigenvalue weighted by Gasteiger charge is 2.62. The van der Waals surface area contributed by atoms with Gasteiger partial charge in [0.25, 0.3) is 12.0 Å². The molecule has 0 bridgehead atoms. The molecule has 1 unspecified atom stereocenters. The molecule has 0 aliphatic heterocycles. The third-order valence-electron chi connectivity index (χ3n) is 3.29. The lowest BCUT2D eigenvalue weighted by molar-refractivity contribution is -0.258. The van der Waals surface area contributed by atoms with Gasteiger partial charge in [0.1, 0.15) is 6.54 Å². The zero-order chi connectivity index (χ0) is 25.4. The average Bonchev–Trinajstić information content (AvgIpc) is 2.62. The highest BCUT2D eigenvalue weighted by atomic mass is 127. The van der Waals surface area contributed by atoms with E-state index >= 15 is 0 Å². The number of ether oxygens (including phenoxy) is 1. The maximum atomic E-state index is 13.4. The number of halogens is 9. The predicted molar refractivity (Wildman–Crippen MR) is 127 cm³/mol.